The predicted molar refractivity (Wildman–Crippen MR) is 72.3 cm³/mol. The fraction of sp³-hybridized carbons (Fsp3) is 0.0833. The number of carboxylic acid groups (broad SMARTS) is 1. The van der Waals surface area contributed by atoms with E-state index >= 15 is 0 Å². The first-order chi connectivity index (χ1) is 8.16. The molecule has 0 amide bonds. The minimum Gasteiger partial charge on any atom is -0.478 e. The maximum absolute atomic E-state index is 11.1. The maximum atomic E-state index is 11.1. The number of thioether (sulfide) groups is 1. The van der Waals surface area contributed by atoms with Gasteiger partial charge >= 0.3 is 5.97 Å². The second-order valence-corrected chi connectivity index (χ2v) is 5.99. The van der Waals surface area contributed by atoms with Crippen LogP contribution in [0.5, 0.6) is 0 Å². The molecule has 0 saturated heterocycles. The van der Waals surface area contributed by atoms with Crippen molar-refractivity contribution in [2.45, 2.75) is 9.96 Å². The number of hydrogen-bond donors (Lipinski definition) is 1. The van der Waals surface area contributed by atoms with Crippen molar-refractivity contribution in [2.75, 3.05) is 0 Å². The van der Waals surface area contributed by atoms with Gasteiger partial charge in [-0.3, -0.25) is 0 Å². The van der Waals surface area contributed by atoms with Gasteiger partial charge in [-0.05, 0) is 29.1 Å². The van der Waals surface area contributed by atoms with Crippen LogP contribution < -0.4 is 0 Å². The highest BCUT2D eigenvalue weighted by atomic mass is 35.5. The highest BCUT2D eigenvalue weighted by molar-refractivity contribution is 8.00. The summed E-state index contributed by atoms with van der Waals surface area (Å²) < 4.78 is 1.18. The highest BCUT2D eigenvalue weighted by Crippen LogP contribution is 2.29. The smallest absolute Gasteiger partial charge is 0.336 e. The molecule has 0 aliphatic carbocycles. The Kier molecular flexibility index (Phi) is 4.10. The number of hydrogen-bond acceptors (Lipinski definition) is 3. The van der Waals surface area contributed by atoms with Gasteiger partial charge in [-0.1, -0.05) is 23.7 Å². The van der Waals surface area contributed by atoms with Crippen LogP contribution in [0.1, 0.15) is 15.9 Å². The van der Waals surface area contributed by atoms with Crippen molar-refractivity contribution in [3.63, 3.8) is 0 Å². The van der Waals surface area contributed by atoms with E-state index < -0.39 is 5.97 Å². The minimum atomic E-state index is -0.936. The molecule has 0 aliphatic rings. The molecule has 1 N–H and O–H groups in total. The van der Waals surface area contributed by atoms with E-state index in [0.29, 0.717) is 10.8 Å². The summed E-state index contributed by atoms with van der Waals surface area (Å²) in [5.74, 6) is -0.298. The number of carboxylic acids is 1. The molecule has 0 radical (unpaired) electrons. The van der Waals surface area contributed by atoms with E-state index in [4.69, 9.17) is 16.7 Å². The van der Waals surface area contributed by atoms with E-state index in [1.807, 2.05) is 17.5 Å². The Morgan fingerprint density at radius 1 is 1.41 bits per heavy atom. The van der Waals surface area contributed by atoms with Crippen LogP contribution in [0.2, 0.25) is 5.02 Å². The van der Waals surface area contributed by atoms with Crippen molar-refractivity contribution in [2.24, 2.45) is 0 Å². The van der Waals surface area contributed by atoms with Gasteiger partial charge in [-0.25, -0.2) is 4.79 Å². The number of rotatable bonds is 4. The number of benzene rings is 1. The van der Waals surface area contributed by atoms with Crippen molar-refractivity contribution in [3.8, 4) is 0 Å². The minimum absolute atomic E-state index is 0.279. The molecule has 0 fully saturated rings. The van der Waals surface area contributed by atoms with Crippen LogP contribution in [0.25, 0.3) is 0 Å². The Morgan fingerprint density at radius 2 is 2.24 bits per heavy atom. The van der Waals surface area contributed by atoms with Gasteiger partial charge < -0.3 is 5.11 Å². The summed E-state index contributed by atoms with van der Waals surface area (Å²) in [6, 6.07) is 8.98. The van der Waals surface area contributed by atoms with Crippen LogP contribution in [-0.2, 0) is 5.75 Å². The molecule has 0 bridgehead atoms. The van der Waals surface area contributed by atoms with E-state index in [1.165, 1.54) is 10.3 Å². The topological polar surface area (TPSA) is 37.3 Å². The summed E-state index contributed by atoms with van der Waals surface area (Å²) in [7, 11) is 0. The normalized spacial score (nSPS) is 10.4. The lowest BCUT2D eigenvalue weighted by atomic mass is 10.1. The van der Waals surface area contributed by atoms with Gasteiger partial charge in [0.05, 0.1) is 9.77 Å². The van der Waals surface area contributed by atoms with Crippen molar-refractivity contribution >= 4 is 40.7 Å². The highest BCUT2D eigenvalue weighted by Gasteiger charge is 2.11. The third-order valence-electron chi connectivity index (χ3n) is 2.17. The Morgan fingerprint density at radius 3 is 2.88 bits per heavy atom. The van der Waals surface area contributed by atoms with Gasteiger partial charge in [0.25, 0.3) is 0 Å². The summed E-state index contributed by atoms with van der Waals surface area (Å²) in [6.45, 7) is 0. The number of aromatic carboxylic acids is 1. The number of thiophene rings is 1. The molecular formula is C12H9ClO2S2. The molecule has 0 atom stereocenters. The molecule has 0 aliphatic heterocycles. The largest absolute Gasteiger partial charge is 0.478 e. The van der Waals surface area contributed by atoms with Gasteiger partial charge in [0.2, 0.25) is 0 Å². The second-order valence-electron chi connectivity index (χ2n) is 3.33. The Hall–Kier alpha value is -0.970. The average Bonchev–Trinajstić information content (AvgIpc) is 2.80. The molecule has 1 aromatic carbocycles. The van der Waals surface area contributed by atoms with E-state index in [1.54, 1.807) is 35.2 Å². The standard InChI is InChI=1S/C12H9ClO2S2/c13-9-4-3-8(10(6-9)12(14)15)7-17-11-2-1-5-16-11/h1-6H,7H2,(H,14,15). The summed E-state index contributed by atoms with van der Waals surface area (Å²) in [5.41, 5.74) is 1.07. The lowest BCUT2D eigenvalue weighted by molar-refractivity contribution is 0.0696. The van der Waals surface area contributed by atoms with E-state index in [-0.39, 0.29) is 5.56 Å². The first-order valence-electron chi connectivity index (χ1n) is 4.85. The molecule has 2 rings (SSSR count). The van der Waals surface area contributed by atoms with Crippen molar-refractivity contribution in [1.82, 2.24) is 0 Å². The van der Waals surface area contributed by atoms with E-state index in [9.17, 15) is 4.79 Å². The Balaban J connectivity index is 2.17. The quantitative estimate of drug-likeness (QED) is 0.846. The van der Waals surface area contributed by atoms with Crippen molar-refractivity contribution in [3.05, 3.63) is 51.9 Å². The van der Waals surface area contributed by atoms with Crippen LogP contribution in [-0.4, -0.2) is 11.1 Å². The molecule has 1 aromatic heterocycles. The van der Waals surface area contributed by atoms with Crippen LogP contribution in [0.4, 0.5) is 0 Å². The van der Waals surface area contributed by atoms with E-state index in [2.05, 4.69) is 0 Å². The van der Waals surface area contributed by atoms with Gasteiger partial charge in [-0.15, -0.1) is 23.1 Å². The van der Waals surface area contributed by atoms with Gasteiger partial charge in [-0.2, -0.15) is 0 Å². The monoisotopic (exact) mass is 284 g/mol. The Labute approximate surface area is 112 Å². The first-order valence-corrected chi connectivity index (χ1v) is 7.09. The molecule has 0 saturated carbocycles. The fourth-order valence-electron chi connectivity index (χ4n) is 1.37. The lowest BCUT2D eigenvalue weighted by Gasteiger charge is -2.05. The van der Waals surface area contributed by atoms with Gasteiger partial charge in [0.1, 0.15) is 0 Å². The third-order valence-corrected chi connectivity index (χ3v) is 4.58. The third kappa shape index (κ3) is 3.25. The Bertz CT molecular complexity index is 523. The molecule has 17 heavy (non-hydrogen) atoms. The fourth-order valence-corrected chi connectivity index (χ4v) is 3.33. The molecule has 0 spiro atoms. The zero-order valence-electron chi connectivity index (χ0n) is 8.72. The molecular weight excluding hydrogens is 276 g/mol. The number of carbonyl (C=O) groups is 1. The molecule has 0 unspecified atom stereocenters. The van der Waals surface area contributed by atoms with Crippen molar-refractivity contribution < 1.29 is 9.90 Å². The van der Waals surface area contributed by atoms with Crippen LogP contribution in [0, 0.1) is 0 Å². The van der Waals surface area contributed by atoms with Crippen LogP contribution in [0.15, 0.2) is 39.9 Å². The molecule has 5 heteroatoms. The van der Waals surface area contributed by atoms with Crippen LogP contribution >= 0.6 is 34.7 Å². The molecule has 1 heterocycles. The maximum Gasteiger partial charge on any atom is 0.336 e. The molecule has 88 valence electrons. The number of halogens is 1. The SMILES string of the molecule is O=C(O)c1cc(Cl)ccc1CSc1cccs1. The van der Waals surface area contributed by atoms with E-state index in [0.717, 1.165) is 5.56 Å². The van der Waals surface area contributed by atoms with Gasteiger partial charge in [0, 0.05) is 10.8 Å². The zero-order chi connectivity index (χ0) is 12.3. The second kappa shape index (κ2) is 5.58. The first kappa shape index (κ1) is 12.5. The lowest BCUT2D eigenvalue weighted by Crippen LogP contribution is -2.01. The predicted octanol–water partition coefficient (Wildman–Crippen LogP) is 4.39. The zero-order valence-corrected chi connectivity index (χ0v) is 11.1. The summed E-state index contributed by atoms with van der Waals surface area (Å²) in [5, 5.41) is 11.5. The van der Waals surface area contributed by atoms with Crippen molar-refractivity contribution in [1.29, 1.82) is 0 Å². The summed E-state index contributed by atoms with van der Waals surface area (Å²) >= 11 is 9.07. The van der Waals surface area contributed by atoms with Crippen LogP contribution in [0.3, 0.4) is 0 Å². The summed E-state index contributed by atoms with van der Waals surface area (Å²) in [6.07, 6.45) is 0. The summed E-state index contributed by atoms with van der Waals surface area (Å²) in [4.78, 5) is 11.1. The van der Waals surface area contributed by atoms with Gasteiger partial charge in [0.15, 0.2) is 0 Å². The average molecular weight is 285 g/mol. The molecule has 2 aromatic rings. The molecule has 2 nitrogen and oxygen atoms in total.